The van der Waals surface area contributed by atoms with Crippen molar-refractivity contribution in [2.24, 2.45) is 5.73 Å². The maximum atomic E-state index is 11.9. The minimum Gasteiger partial charge on any atom is -0.449 e. The second kappa shape index (κ2) is 4.93. The number of fused-ring (bicyclic) bond motifs is 1. The summed E-state index contributed by atoms with van der Waals surface area (Å²) in [7, 11) is 0. The number of ether oxygens (including phenoxy) is 1. The summed E-state index contributed by atoms with van der Waals surface area (Å²) in [5, 5.41) is 1.27. The Bertz CT molecular complexity index is 662. The molecule has 1 aromatic heterocycles. The SMILES string of the molecule is Cc1c(C(=O)O[C@@H](C)C(N)=O)oc2ccc(Cl)cc12. The molecule has 100 valence electrons. The van der Waals surface area contributed by atoms with Gasteiger partial charge in [-0.25, -0.2) is 4.79 Å². The molecule has 19 heavy (non-hydrogen) atoms. The lowest BCUT2D eigenvalue weighted by Crippen LogP contribution is -2.30. The number of hydrogen-bond donors (Lipinski definition) is 1. The molecule has 6 heteroatoms. The van der Waals surface area contributed by atoms with Crippen molar-refractivity contribution in [1.29, 1.82) is 0 Å². The average Bonchev–Trinajstić information content (AvgIpc) is 2.66. The van der Waals surface area contributed by atoms with Gasteiger partial charge < -0.3 is 14.9 Å². The van der Waals surface area contributed by atoms with Gasteiger partial charge in [0, 0.05) is 16.0 Å². The van der Waals surface area contributed by atoms with E-state index in [1.54, 1.807) is 25.1 Å². The van der Waals surface area contributed by atoms with Crippen LogP contribution in [0.3, 0.4) is 0 Å². The highest BCUT2D eigenvalue weighted by Gasteiger charge is 2.22. The molecule has 0 aliphatic heterocycles. The summed E-state index contributed by atoms with van der Waals surface area (Å²) in [5.41, 5.74) is 6.17. The third kappa shape index (κ3) is 2.56. The third-order valence-corrected chi connectivity index (χ3v) is 3.00. The van der Waals surface area contributed by atoms with Gasteiger partial charge in [-0.2, -0.15) is 0 Å². The van der Waals surface area contributed by atoms with Gasteiger partial charge in [0.15, 0.2) is 6.10 Å². The maximum absolute atomic E-state index is 11.9. The smallest absolute Gasteiger partial charge is 0.375 e. The second-order valence-electron chi connectivity index (χ2n) is 4.15. The van der Waals surface area contributed by atoms with Crippen molar-refractivity contribution in [2.75, 3.05) is 0 Å². The van der Waals surface area contributed by atoms with E-state index in [4.69, 9.17) is 26.5 Å². The normalized spacial score (nSPS) is 12.4. The third-order valence-electron chi connectivity index (χ3n) is 2.77. The minimum absolute atomic E-state index is 0.0466. The van der Waals surface area contributed by atoms with E-state index in [-0.39, 0.29) is 5.76 Å². The standard InChI is InChI=1S/C13H12ClNO4/c1-6-9-5-8(14)3-4-10(9)19-11(6)13(17)18-7(2)12(15)16/h3-5,7H,1-2H3,(H2,15,16)/t7-/m0/s1. The molecule has 5 nitrogen and oxygen atoms in total. The number of carbonyl (C=O) groups excluding carboxylic acids is 2. The van der Waals surface area contributed by atoms with Crippen LogP contribution in [-0.4, -0.2) is 18.0 Å². The molecule has 2 rings (SSSR count). The van der Waals surface area contributed by atoms with E-state index in [1.165, 1.54) is 6.92 Å². The van der Waals surface area contributed by atoms with E-state index in [2.05, 4.69) is 0 Å². The Morgan fingerprint density at radius 1 is 1.42 bits per heavy atom. The molecule has 0 saturated carbocycles. The number of amides is 1. The Kier molecular flexibility index (Phi) is 3.48. The maximum Gasteiger partial charge on any atom is 0.375 e. The predicted molar refractivity (Wildman–Crippen MR) is 70.0 cm³/mol. The summed E-state index contributed by atoms with van der Waals surface area (Å²) in [6.07, 6.45) is -1.01. The summed E-state index contributed by atoms with van der Waals surface area (Å²) in [6, 6.07) is 5.02. The van der Waals surface area contributed by atoms with E-state index in [0.29, 0.717) is 16.2 Å². The first-order chi connectivity index (χ1) is 8.90. The van der Waals surface area contributed by atoms with Gasteiger partial charge in [0.1, 0.15) is 5.58 Å². The summed E-state index contributed by atoms with van der Waals surface area (Å²) >= 11 is 5.89. The number of benzene rings is 1. The van der Waals surface area contributed by atoms with Gasteiger partial charge in [0.25, 0.3) is 5.91 Å². The number of esters is 1. The van der Waals surface area contributed by atoms with E-state index < -0.39 is 18.0 Å². The lowest BCUT2D eigenvalue weighted by Gasteiger charge is -2.07. The van der Waals surface area contributed by atoms with Crippen LogP contribution >= 0.6 is 11.6 Å². The molecule has 0 saturated heterocycles. The van der Waals surface area contributed by atoms with Crippen molar-refractivity contribution in [3.8, 4) is 0 Å². The molecule has 0 fully saturated rings. The molecule has 1 heterocycles. The summed E-state index contributed by atoms with van der Waals surface area (Å²) in [6.45, 7) is 3.11. The van der Waals surface area contributed by atoms with Crippen LogP contribution in [-0.2, 0) is 9.53 Å². The van der Waals surface area contributed by atoms with Crippen molar-refractivity contribution in [3.05, 3.63) is 34.5 Å². The Balaban J connectivity index is 2.37. The van der Waals surface area contributed by atoms with Gasteiger partial charge in [-0.1, -0.05) is 11.6 Å². The Morgan fingerprint density at radius 2 is 2.11 bits per heavy atom. The Morgan fingerprint density at radius 3 is 2.74 bits per heavy atom. The number of furan rings is 1. The molecule has 0 radical (unpaired) electrons. The highest BCUT2D eigenvalue weighted by Crippen LogP contribution is 2.28. The Hall–Kier alpha value is -2.01. The van der Waals surface area contributed by atoms with Crippen LogP contribution in [0.4, 0.5) is 0 Å². The summed E-state index contributed by atoms with van der Waals surface area (Å²) < 4.78 is 10.3. The Labute approximate surface area is 114 Å². The van der Waals surface area contributed by atoms with Gasteiger partial charge in [-0.15, -0.1) is 0 Å². The number of primary amides is 1. The molecule has 1 amide bonds. The zero-order valence-corrected chi connectivity index (χ0v) is 11.2. The second-order valence-corrected chi connectivity index (χ2v) is 4.58. The molecule has 2 N–H and O–H groups in total. The minimum atomic E-state index is -1.01. The first-order valence-electron chi connectivity index (χ1n) is 5.59. The highest BCUT2D eigenvalue weighted by atomic mass is 35.5. The highest BCUT2D eigenvalue weighted by molar-refractivity contribution is 6.31. The molecule has 0 spiro atoms. The van der Waals surface area contributed by atoms with E-state index in [1.807, 2.05) is 0 Å². The van der Waals surface area contributed by atoms with Crippen LogP contribution < -0.4 is 5.73 Å². The number of rotatable bonds is 3. The predicted octanol–water partition coefficient (Wildman–Crippen LogP) is 2.43. The van der Waals surface area contributed by atoms with Gasteiger partial charge in [0.2, 0.25) is 5.76 Å². The van der Waals surface area contributed by atoms with E-state index >= 15 is 0 Å². The monoisotopic (exact) mass is 281 g/mol. The first kappa shape index (κ1) is 13.4. The molecule has 1 atom stereocenters. The number of nitrogens with two attached hydrogens (primary N) is 1. The molecular formula is C13H12ClNO4. The van der Waals surface area contributed by atoms with Crippen LogP contribution in [0, 0.1) is 6.92 Å². The molecule has 2 aromatic rings. The summed E-state index contributed by atoms with van der Waals surface area (Å²) in [4.78, 5) is 22.7. The largest absolute Gasteiger partial charge is 0.449 e. The van der Waals surface area contributed by atoms with Gasteiger partial charge in [-0.3, -0.25) is 4.79 Å². The fourth-order valence-electron chi connectivity index (χ4n) is 1.66. The molecule has 0 aliphatic carbocycles. The van der Waals surface area contributed by atoms with E-state index in [0.717, 1.165) is 5.39 Å². The van der Waals surface area contributed by atoms with Gasteiger partial charge >= 0.3 is 5.97 Å². The quantitative estimate of drug-likeness (QED) is 0.876. The molecule has 1 aromatic carbocycles. The number of hydrogen-bond acceptors (Lipinski definition) is 4. The fraction of sp³-hybridized carbons (Fsp3) is 0.231. The van der Waals surface area contributed by atoms with Crippen molar-refractivity contribution in [3.63, 3.8) is 0 Å². The lowest BCUT2D eigenvalue weighted by atomic mass is 10.1. The summed E-state index contributed by atoms with van der Waals surface area (Å²) in [5.74, 6) is -1.40. The number of aryl methyl sites for hydroxylation is 1. The first-order valence-corrected chi connectivity index (χ1v) is 5.97. The number of carbonyl (C=O) groups is 2. The molecule has 0 bridgehead atoms. The van der Waals surface area contributed by atoms with Crippen LogP contribution in [0.25, 0.3) is 11.0 Å². The molecule has 0 unspecified atom stereocenters. The number of halogens is 1. The van der Waals surface area contributed by atoms with Gasteiger partial charge in [0.05, 0.1) is 0 Å². The van der Waals surface area contributed by atoms with Crippen LogP contribution in [0.2, 0.25) is 5.02 Å². The van der Waals surface area contributed by atoms with Crippen LogP contribution in [0.5, 0.6) is 0 Å². The molecular weight excluding hydrogens is 270 g/mol. The lowest BCUT2D eigenvalue weighted by molar-refractivity contribution is -0.125. The molecule has 0 aliphatic rings. The van der Waals surface area contributed by atoms with Crippen molar-refractivity contribution in [2.45, 2.75) is 20.0 Å². The van der Waals surface area contributed by atoms with Crippen LogP contribution in [0.15, 0.2) is 22.6 Å². The zero-order chi connectivity index (χ0) is 14.2. The topological polar surface area (TPSA) is 82.5 Å². The van der Waals surface area contributed by atoms with Crippen molar-refractivity contribution >= 4 is 34.4 Å². The van der Waals surface area contributed by atoms with Crippen molar-refractivity contribution < 1.29 is 18.7 Å². The van der Waals surface area contributed by atoms with Crippen molar-refractivity contribution in [1.82, 2.24) is 0 Å². The van der Waals surface area contributed by atoms with Gasteiger partial charge in [-0.05, 0) is 32.0 Å². The zero-order valence-electron chi connectivity index (χ0n) is 10.4. The fourth-order valence-corrected chi connectivity index (χ4v) is 1.83. The van der Waals surface area contributed by atoms with Crippen LogP contribution in [0.1, 0.15) is 23.0 Å². The van der Waals surface area contributed by atoms with E-state index in [9.17, 15) is 9.59 Å². The average molecular weight is 282 g/mol.